The number of rotatable bonds is 10. The highest BCUT2D eigenvalue weighted by Crippen LogP contribution is 2.36. The van der Waals surface area contributed by atoms with Crippen molar-refractivity contribution in [3.8, 4) is 0 Å². The summed E-state index contributed by atoms with van der Waals surface area (Å²) in [5.41, 5.74) is 0.130. The quantitative estimate of drug-likeness (QED) is 0.458. The van der Waals surface area contributed by atoms with Crippen LogP contribution in [0.5, 0.6) is 0 Å². The van der Waals surface area contributed by atoms with Crippen LogP contribution in [0.1, 0.15) is 74.1 Å². The SMILES string of the molecule is CCCC(CCC)(OC(=O)c1ccccc1)C(OC(=O)c1ccccc1)C(C)C. The van der Waals surface area contributed by atoms with E-state index in [1.165, 1.54) is 0 Å². The topological polar surface area (TPSA) is 52.6 Å². The van der Waals surface area contributed by atoms with Gasteiger partial charge in [0.2, 0.25) is 0 Å². The van der Waals surface area contributed by atoms with Crippen LogP contribution in [0.2, 0.25) is 0 Å². The largest absolute Gasteiger partial charge is 0.454 e. The molecule has 0 bridgehead atoms. The second-order valence-electron chi connectivity index (χ2n) is 7.76. The Bertz CT molecular complexity index is 762. The first-order valence-corrected chi connectivity index (χ1v) is 10.5. The molecule has 156 valence electrons. The number of hydrogen-bond acceptors (Lipinski definition) is 4. The summed E-state index contributed by atoms with van der Waals surface area (Å²) in [5, 5.41) is 0. The Labute approximate surface area is 174 Å². The number of carbonyl (C=O) groups is 2. The summed E-state index contributed by atoms with van der Waals surface area (Å²) in [4.78, 5) is 25.7. The first kappa shape index (κ1) is 22.7. The maximum Gasteiger partial charge on any atom is 0.338 e. The molecule has 0 saturated heterocycles. The molecule has 0 spiro atoms. The fourth-order valence-corrected chi connectivity index (χ4v) is 3.84. The van der Waals surface area contributed by atoms with E-state index in [4.69, 9.17) is 9.47 Å². The van der Waals surface area contributed by atoms with E-state index in [-0.39, 0.29) is 11.9 Å². The molecule has 0 radical (unpaired) electrons. The maximum atomic E-state index is 12.9. The van der Waals surface area contributed by atoms with Gasteiger partial charge in [0.25, 0.3) is 0 Å². The van der Waals surface area contributed by atoms with E-state index in [2.05, 4.69) is 13.8 Å². The van der Waals surface area contributed by atoms with Crippen molar-refractivity contribution in [1.82, 2.24) is 0 Å². The molecule has 4 heteroatoms. The van der Waals surface area contributed by atoms with E-state index in [9.17, 15) is 9.59 Å². The summed E-state index contributed by atoms with van der Waals surface area (Å²) in [7, 11) is 0. The molecule has 0 aliphatic heterocycles. The van der Waals surface area contributed by atoms with Crippen LogP contribution in [0.15, 0.2) is 60.7 Å². The predicted molar refractivity (Wildman–Crippen MR) is 115 cm³/mol. The standard InChI is InChI=1S/C25H32O4/c1-5-17-25(18-6-2,29-24(27)21-15-11-8-12-16-21)22(19(3)4)28-23(26)20-13-9-7-10-14-20/h7-16,19,22H,5-6,17-18H2,1-4H3. The Morgan fingerprint density at radius 3 is 1.66 bits per heavy atom. The van der Waals surface area contributed by atoms with E-state index < -0.39 is 17.7 Å². The van der Waals surface area contributed by atoms with Gasteiger partial charge in [0.1, 0.15) is 11.7 Å². The Balaban J connectivity index is 2.36. The normalized spacial score (nSPS) is 12.4. The van der Waals surface area contributed by atoms with Crippen LogP contribution in [0.25, 0.3) is 0 Å². The van der Waals surface area contributed by atoms with Crippen molar-refractivity contribution in [2.24, 2.45) is 5.92 Å². The van der Waals surface area contributed by atoms with Crippen molar-refractivity contribution < 1.29 is 19.1 Å². The van der Waals surface area contributed by atoms with Crippen molar-refractivity contribution >= 4 is 11.9 Å². The van der Waals surface area contributed by atoms with Crippen molar-refractivity contribution in [1.29, 1.82) is 0 Å². The number of ether oxygens (including phenoxy) is 2. The van der Waals surface area contributed by atoms with Crippen LogP contribution in [-0.4, -0.2) is 23.6 Å². The summed E-state index contributed by atoms with van der Waals surface area (Å²) in [6, 6.07) is 17.9. The number of carbonyl (C=O) groups excluding carboxylic acids is 2. The van der Waals surface area contributed by atoms with Gasteiger partial charge < -0.3 is 9.47 Å². The first-order valence-electron chi connectivity index (χ1n) is 10.5. The second kappa shape index (κ2) is 10.8. The molecule has 29 heavy (non-hydrogen) atoms. The van der Waals surface area contributed by atoms with Gasteiger partial charge in [0.15, 0.2) is 0 Å². The molecular weight excluding hydrogens is 364 g/mol. The molecule has 0 heterocycles. The van der Waals surface area contributed by atoms with Gasteiger partial charge in [0, 0.05) is 0 Å². The first-order chi connectivity index (χ1) is 13.9. The molecule has 0 N–H and O–H groups in total. The highest BCUT2D eigenvalue weighted by Gasteiger charge is 2.45. The van der Waals surface area contributed by atoms with Gasteiger partial charge in [-0.15, -0.1) is 0 Å². The molecular formula is C25H32O4. The summed E-state index contributed by atoms with van der Waals surface area (Å²) in [6.07, 6.45) is 2.35. The minimum atomic E-state index is -0.866. The number of benzene rings is 2. The van der Waals surface area contributed by atoms with Crippen LogP contribution in [0.4, 0.5) is 0 Å². The molecule has 4 nitrogen and oxygen atoms in total. The zero-order chi connectivity index (χ0) is 21.3. The van der Waals surface area contributed by atoms with Crippen LogP contribution in [0.3, 0.4) is 0 Å². The summed E-state index contributed by atoms with van der Waals surface area (Å²) < 4.78 is 12.1. The third-order valence-corrected chi connectivity index (χ3v) is 5.02. The zero-order valence-electron chi connectivity index (χ0n) is 17.9. The fraction of sp³-hybridized carbons (Fsp3) is 0.440. The Morgan fingerprint density at radius 2 is 1.24 bits per heavy atom. The molecule has 2 rings (SSSR count). The average Bonchev–Trinajstić information content (AvgIpc) is 2.73. The lowest BCUT2D eigenvalue weighted by atomic mass is 9.81. The molecule has 0 amide bonds. The third-order valence-electron chi connectivity index (χ3n) is 5.02. The molecule has 0 fully saturated rings. The van der Waals surface area contributed by atoms with E-state index in [1.807, 2.05) is 50.2 Å². The highest BCUT2D eigenvalue weighted by atomic mass is 16.6. The van der Waals surface area contributed by atoms with Gasteiger partial charge in [-0.25, -0.2) is 9.59 Å². The molecule has 2 aromatic rings. The van der Waals surface area contributed by atoms with Crippen molar-refractivity contribution in [2.45, 2.75) is 65.1 Å². The Morgan fingerprint density at radius 1 is 0.793 bits per heavy atom. The van der Waals surface area contributed by atoms with E-state index in [1.54, 1.807) is 24.3 Å². The second-order valence-corrected chi connectivity index (χ2v) is 7.76. The smallest absolute Gasteiger partial charge is 0.338 e. The predicted octanol–water partition coefficient (Wildman–Crippen LogP) is 6.06. The van der Waals surface area contributed by atoms with Crippen LogP contribution in [0, 0.1) is 5.92 Å². The van der Waals surface area contributed by atoms with Crippen molar-refractivity contribution in [3.63, 3.8) is 0 Å². The third kappa shape index (κ3) is 5.93. The minimum absolute atomic E-state index is 0.00987. The monoisotopic (exact) mass is 396 g/mol. The zero-order valence-corrected chi connectivity index (χ0v) is 17.9. The summed E-state index contributed by atoms with van der Waals surface area (Å²) in [6.45, 7) is 8.10. The molecule has 0 aliphatic carbocycles. The average molecular weight is 397 g/mol. The maximum absolute atomic E-state index is 12.9. The summed E-state index contributed by atoms with van der Waals surface area (Å²) >= 11 is 0. The van der Waals surface area contributed by atoms with E-state index >= 15 is 0 Å². The minimum Gasteiger partial charge on any atom is -0.454 e. The van der Waals surface area contributed by atoms with Gasteiger partial charge in [0.05, 0.1) is 11.1 Å². The number of hydrogen-bond donors (Lipinski definition) is 0. The van der Waals surface area contributed by atoms with Crippen LogP contribution < -0.4 is 0 Å². The molecule has 0 aromatic heterocycles. The van der Waals surface area contributed by atoms with Crippen molar-refractivity contribution in [3.05, 3.63) is 71.8 Å². The van der Waals surface area contributed by atoms with Gasteiger partial charge in [-0.2, -0.15) is 0 Å². The molecule has 1 atom stereocenters. The summed E-state index contributed by atoms with van der Waals surface area (Å²) in [5.74, 6) is -0.783. The lowest BCUT2D eigenvalue weighted by molar-refractivity contribution is -0.121. The fourth-order valence-electron chi connectivity index (χ4n) is 3.84. The highest BCUT2D eigenvalue weighted by molar-refractivity contribution is 5.90. The van der Waals surface area contributed by atoms with Gasteiger partial charge in [-0.1, -0.05) is 76.9 Å². The molecule has 2 aromatic carbocycles. The van der Waals surface area contributed by atoms with Gasteiger partial charge in [-0.3, -0.25) is 0 Å². The van der Waals surface area contributed by atoms with E-state index in [0.29, 0.717) is 24.0 Å². The van der Waals surface area contributed by atoms with Gasteiger partial charge >= 0.3 is 11.9 Å². The molecule has 0 saturated carbocycles. The Kier molecular flexibility index (Phi) is 8.44. The lowest BCUT2D eigenvalue weighted by Crippen LogP contribution is -2.51. The van der Waals surface area contributed by atoms with E-state index in [0.717, 1.165) is 12.8 Å². The number of esters is 2. The molecule has 1 unspecified atom stereocenters. The van der Waals surface area contributed by atoms with Crippen LogP contribution >= 0.6 is 0 Å². The Hall–Kier alpha value is -2.62. The van der Waals surface area contributed by atoms with Crippen molar-refractivity contribution in [2.75, 3.05) is 0 Å². The van der Waals surface area contributed by atoms with Crippen LogP contribution in [-0.2, 0) is 9.47 Å². The molecule has 0 aliphatic rings. The lowest BCUT2D eigenvalue weighted by Gasteiger charge is -2.41. The van der Waals surface area contributed by atoms with Gasteiger partial charge in [-0.05, 0) is 43.0 Å².